The summed E-state index contributed by atoms with van der Waals surface area (Å²) in [7, 11) is 3.36. The van der Waals surface area contributed by atoms with Crippen molar-refractivity contribution in [1.82, 2.24) is 0 Å². The molecule has 0 aliphatic carbocycles. The number of methoxy groups -OCH3 is 2. The monoisotopic (exact) mass is 518 g/mol. The van der Waals surface area contributed by atoms with Gasteiger partial charge in [-0.2, -0.15) is 0 Å². The summed E-state index contributed by atoms with van der Waals surface area (Å²) >= 11 is 3.29. The third-order valence-corrected chi connectivity index (χ3v) is 5.47. The van der Waals surface area contributed by atoms with Crippen molar-refractivity contribution in [3.05, 3.63) is 102 Å². The first kappa shape index (κ1) is 26.9. The maximum atomic E-state index is 5.64. The van der Waals surface area contributed by atoms with Crippen LogP contribution in [-0.2, 0) is 0 Å². The van der Waals surface area contributed by atoms with Crippen LogP contribution in [0.4, 0.5) is 11.4 Å². The molecule has 0 saturated carbocycles. The third kappa shape index (κ3) is 9.24. The van der Waals surface area contributed by atoms with Crippen LogP contribution in [0.3, 0.4) is 0 Å². The quantitative estimate of drug-likeness (QED) is 0.235. The molecule has 0 atom stereocenters. The number of ether oxygens (including phenoxy) is 2. The van der Waals surface area contributed by atoms with Gasteiger partial charge in [0.1, 0.15) is 11.5 Å². The van der Waals surface area contributed by atoms with Crippen LogP contribution < -0.4 is 26.4 Å². The molecule has 0 fully saturated rings. The Morgan fingerprint density at radius 1 is 0.618 bits per heavy atom. The van der Waals surface area contributed by atoms with Crippen molar-refractivity contribution in [2.24, 2.45) is 0 Å². The number of benzene rings is 4. The fourth-order valence-electron chi connectivity index (χ4n) is 2.94. The van der Waals surface area contributed by atoms with Crippen LogP contribution in [0.15, 0.2) is 102 Å². The molecule has 0 aromatic heterocycles. The Morgan fingerprint density at radius 3 is 1.62 bits per heavy atom. The molecule has 176 valence electrons. The number of anilines is 2. The third-order valence-electron chi connectivity index (χ3n) is 4.94. The SMILES string of the molecule is COc1cccc(-c2ccc(N)cc2)c1.COc1cccc(B(C)C)c1.Nc1ccc(Br)cc1. The molecular formula is C28H32BBrN2O2. The summed E-state index contributed by atoms with van der Waals surface area (Å²) in [6.45, 7) is 4.92. The molecule has 0 amide bonds. The summed E-state index contributed by atoms with van der Waals surface area (Å²) in [6.07, 6.45) is 0. The second-order valence-electron chi connectivity index (χ2n) is 7.84. The Kier molecular flexibility index (Phi) is 11.1. The predicted molar refractivity (Wildman–Crippen MR) is 152 cm³/mol. The molecule has 0 saturated heterocycles. The highest BCUT2D eigenvalue weighted by Crippen LogP contribution is 2.24. The van der Waals surface area contributed by atoms with Crippen LogP contribution in [0.1, 0.15) is 0 Å². The first-order chi connectivity index (χ1) is 16.3. The molecule has 4 N–H and O–H groups in total. The van der Waals surface area contributed by atoms with Gasteiger partial charge in [-0.25, -0.2) is 0 Å². The predicted octanol–water partition coefficient (Wildman–Crippen LogP) is 6.63. The molecule has 6 heteroatoms. The Hall–Kier alpha value is -3.38. The average Bonchev–Trinajstić information content (AvgIpc) is 2.87. The molecule has 0 radical (unpaired) electrons. The highest BCUT2D eigenvalue weighted by Gasteiger charge is 2.02. The molecule has 4 nitrogen and oxygen atoms in total. The number of hydrogen-bond acceptors (Lipinski definition) is 4. The average molecular weight is 519 g/mol. The Labute approximate surface area is 212 Å². The lowest BCUT2D eigenvalue weighted by molar-refractivity contribution is 0.415. The van der Waals surface area contributed by atoms with Gasteiger partial charge < -0.3 is 20.9 Å². The standard InChI is InChI=1S/C13H13NO.C9H13BO.C6H6BrN/c1-15-13-4-2-3-11(9-13)10-5-7-12(14)8-6-10;1-10(2)8-5-4-6-9(7-8)11-3;7-5-1-3-6(8)4-2-5/h2-9H,14H2,1H3;4-7H,1-3H3;1-4H,8H2. The van der Waals surface area contributed by atoms with Gasteiger partial charge in [-0.05, 0) is 71.8 Å². The molecule has 34 heavy (non-hydrogen) atoms. The van der Waals surface area contributed by atoms with Gasteiger partial charge in [-0.15, -0.1) is 0 Å². The van der Waals surface area contributed by atoms with E-state index in [9.17, 15) is 0 Å². The lowest BCUT2D eigenvalue weighted by Crippen LogP contribution is -2.21. The van der Waals surface area contributed by atoms with E-state index in [1.54, 1.807) is 14.2 Å². The number of nitrogens with two attached hydrogens (primary N) is 2. The Morgan fingerprint density at radius 2 is 1.12 bits per heavy atom. The number of nitrogen functional groups attached to an aromatic ring is 2. The van der Waals surface area contributed by atoms with E-state index in [-0.39, 0.29) is 0 Å². The van der Waals surface area contributed by atoms with Gasteiger partial charge >= 0.3 is 0 Å². The van der Waals surface area contributed by atoms with E-state index in [2.05, 4.69) is 41.7 Å². The number of halogens is 1. The fourth-order valence-corrected chi connectivity index (χ4v) is 3.21. The highest BCUT2D eigenvalue weighted by atomic mass is 79.9. The summed E-state index contributed by atoms with van der Waals surface area (Å²) in [6, 6.07) is 31.5. The van der Waals surface area contributed by atoms with Gasteiger partial charge in [-0.3, -0.25) is 0 Å². The molecule has 0 bridgehead atoms. The minimum atomic E-state index is 0.574. The van der Waals surface area contributed by atoms with Crippen LogP contribution >= 0.6 is 15.9 Å². The van der Waals surface area contributed by atoms with Crippen LogP contribution in [0, 0.1) is 0 Å². The Bertz CT molecular complexity index is 1110. The lowest BCUT2D eigenvalue weighted by Gasteiger charge is -2.04. The second-order valence-corrected chi connectivity index (χ2v) is 8.75. The summed E-state index contributed by atoms with van der Waals surface area (Å²) in [5.74, 6) is 1.81. The lowest BCUT2D eigenvalue weighted by atomic mass is 9.49. The minimum absolute atomic E-state index is 0.574. The summed E-state index contributed by atoms with van der Waals surface area (Å²) < 4.78 is 11.3. The number of rotatable bonds is 4. The van der Waals surface area contributed by atoms with Gasteiger partial charge in [0.2, 0.25) is 0 Å². The van der Waals surface area contributed by atoms with Gasteiger partial charge in [0.25, 0.3) is 0 Å². The fraction of sp³-hybridized carbons (Fsp3) is 0.143. The van der Waals surface area contributed by atoms with Crippen LogP contribution in [0.25, 0.3) is 11.1 Å². The van der Waals surface area contributed by atoms with Crippen molar-refractivity contribution in [1.29, 1.82) is 0 Å². The highest BCUT2D eigenvalue weighted by molar-refractivity contribution is 9.10. The van der Waals surface area contributed by atoms with Crippen LogP contribution in [-0.4, -0.2) is 20.9 Å². The normalized spacial score (nSPS) is 9.56. The zero-order valence-electron chi connectivity index (χ0n) is 20.2. The molecule has 4 rings (SSSR count). The zero-order chi connectivity index (χ0) is 24.9. The molecule has 4 aromatic carbocycles. The summed E-state index contributed by atoms with van der Waals surface area (Å²) in [5, 5.41) is 0. The zero-order valence-corrected chi connectivity index (χ0v) is 21.8. The molecule has 0 spiro atoms. The van der Waals surface area contributed by atoms with Gasteiger partial charge in [0.05, 0.1) is 14.2 Å². The second kappa shape index (κ2) is 14.0. The van der Waals surface area contributed by atoms with Crippen LogP contribution in [0.2, 0.25) is 13.6 Å². The van der Waals surface area contributed by atoms with Crippen molar-refractivity contribution in [3.63, 3.8) is 0 Å². The van der Waals surface area contributed by atoms with Gasteiger partial charge in [0.15, 0.2) is 6.71 Å². The first-order valence-corrected chi connectivity index (χ1v) is 11.8. The Balaban J connectivity index is 0.000000190. The van der Waals surface area contributed by atoms with E-state index in [0.717, 1.165) is 38.5 Å². The van der Waals surface area contributed by atoms with E-state index in [1.807, 2.05) is 84.9 Å². The number of hydrogen-bond donors (Lipinski definition) is 2. The maximum absolute atomic E-state index is 5.64. The smallest absolute Gasteiger partial charge is 0.169 e. The van der Waals surface area contributed by atoms with E-state index >= 15 is 0 Å². The van der Waals surface area contributed by atoms with Crippen molar-refractivity contribution in [2.45, 2.75) is 13.6 Å². The van der Waals surface area contributed by atoms with E-state index in [1.165, 1.54) is 5.46 Å². The van der Waals surface area contributed by atoms with E-state index in [0.29, 0.717) is 6.71 Å². The van der Waals surface area contributed by atoms with Crippen molar-refractivity contribution < 1.29 is 9.47 Å². The van der Waals surface area contributed by atoms with Crippen molar-refractivity contribution in [3.8, 4) is 22.6 Å². The van der Waals surface area contributed by atoms with Crippen molar-refractivity contribution >= 4 is 39.5 Å². The molecule has 0 aliphatic heterocycles. The molecule has 0 unspecified atom stereocenters. The van der Waals surface area contributed by atoms with Gasteiger partial charge in [-0.1, -0.05) is 71.4 Å². The topological polar surface area (TPSA) is 70.5 Å². The largest absolute Gasteiger partial charge is 0.497 e. The van der Waals surface area contributed by atoms with E-state index < -0.39 is 0 Å². The summed E-state index contributed by atoms with van der Waals surface area (Å²) in [5.41, 5.74) is 16.2. The minimum Gasteiger partial charge on any atom is -0.497 e. The summed E-state index contributed by atoms with van der Waals surface area (Å²) in [4.78, 5) is 0. The van der Waals surface area contributed by atoms with Crippen molar-refractivity contribution in [2.75, 3.05) is 25.7 Å². The van der Waals surface area contributed by atoms with Gasteiger partial charge in [0, 0.05) is 15.8 Å². The maximum Gasteiger partial charge on any atom is 0.169 e. The van der Waals surface area contributed by atoms with E-state index in [4.69, 9.17) is 20.9 Å². The molecule has 4 aromatic rings. The molecule has 0 heterocycles. The van der Waals surface area contributed by atoms with Crippen LogP contribution in [0.5, 0.6) is 11.5 Å². The first-order valence-electron chi connectivity index (χ1n) is 11.0. The molecular weight excluding hydrogens is 487 g/mol. The molecule has 0 aliphatic rings.